The molecular formula is C14H20BrN3O. The molecule has 1 aliphatic carbocycles. The van der Waals surface area contributed by atoms with Gasteiger partial charge in [-0.15, -0.1) is 0 Å². The number of rotatable bonds is 2. The van der Waals surface area contributed by atoms with Gasteiger partial charge in [-0.25, -0.2) is 9.97 Å². The summed E-state index contributed by atoms with van der Waals surface area (Å²) in [7, 11) is 0. The highest BCUT2D eigenvalue weighted by Crippen LogP contribution is 2.39. The number of nitrogens with zero attached hydrogens (tertiary/aromatic N) is 2. The van der Waals surface area contributed by atoms with Crippen molar-refractivity contribution in [3.63, 3.8) is 0 Å². The molecule has 1 saturated carbocycles. The Bertz CT molecular complexity index is 454. The lowest BCUT2D eigenvalue weighted by Crippen LogP contribution is -2.19. The van der Waals surface area contributed by atoms with Gasteiger partial charge in [-0.2, -0.15) is 0 Å². The molecule has 0 bridgehead atoms. The third kappa shape index (κ3) is 2.77. The van der Waals surface area contributed by atoms with Crippen molar-refractivity contribution in [1.29, 1.82) is 0 Å². The zero-order chi connectivity index (χ0) is 13.2. The van der Waals surface area contributed by atoms with Gasteiger partial charge in [-0.3, -0.25) is 0 Å². The summed E-state index contributed by atoms with van der Waals surface area (Å²) in [4.78, 5) is 9.29. The van der Waals surface area contributed by atoms with E-state index in [0.29, 0.717) is 17.7 Å². The number of anilines is 1. The molecule has 2 heterocycles. The smallest absolute Gasteiger partial charge is 0.141 e. The Morgan fingerprint density at radius 2 is 1.79 bits per heavy atom. The molecule has 1 aliphatic heterocycles. The second-order valence-electron chi connectivity index (χ2n) is 5.56. The molecule has 1 saturated heterocycles. The lowest BCUT2D eigenvalue weighted by Gasteiger charge is -2.22. The maximum absolute atomic E-state index is 6.06. The molecule has 104 valence electrons. The summed E-state index contributed by atoms with van der Waals surface area (Å²) in [5.74, 6) is 2.31. The number of nitrogen functional groups attached to an aromatic ring is 1. The van der Waals surface area contributed by atoms with E-state index in [1.807, 2.05) is 0 Å². The highest BCUT2D eigenvalue weighted by Gasteiger charge is 2.26. The van der Waals surface area contributed by atoms with Gasteiger partial charge in [0.25, 0.3) is 0 Å². The van der Waals surface area contributed by atoms with Crippen LogP contribution in [0.15, 0.2) is 4.47 Å². The minimum Gasteiger partial charge on any atom is -0.383 e. The Morgan fingerprint density at radius 3 is 2.47 bits per heavy atom. The van der Waals surface area contributed by atoms with Crippen LogP contribution < -0.4 is 5.73 Å². The second kappa shape index (κ2) is 5.75. The Labute approximate surface area is 122 Å². The van der Waals surface area contributed by atoms with Crippen LogP contribution in [0.1, 0.15) is 61.9 Å². The first-order valence-corrected chi connectivity index (χ1v) is 7.95. The summed E-state index contributed by atoms with van der Waals surface area (Å²) in [6, 6.07) is 0. The van der Waals surface area contributed by atoms with E-state index in [9.17, 15) is 0 Å². The van der Waals surface area contributed by atoms with Gasteiger partial charge in [-0.1, -0.05) is 12.8 Å². The van der Waals surface area contributed by atoms with Crippen molar-refractivity contribution in [3.8, 4) is 0 Å². The molecule has 5 heteroatoms. The van der Waals surface area contributed by atoms with E-state index >= 15 is 0 Å². The molecule has 0 radical (unpaired) electrons. The normalized spacial score (nSPS) is 24.8. The number of ether oxygens (including phenoxy) is 1. The molecule has 2 aliphatic rings. The van der Waals surface area contributed by atoms with Gasteiger partial charge >= 0.3 is 0 Å². The van der Waals surface area contributed by atoms with Crippen LogP contribution in [-0.4, -0.2) is 23.2 Å². The Hall–Kier alpha value is -0.680. The highest BCUT2D eigenvalue weighted by molar-refractivity contribution is 9.10. The lowest BCUT2D eigenvalue weighted by atomic mass is 9.99. The van der Waals surface area contributed by atoms with Crippen LogP contribution in [0.2, 0.25) is 0 Å². The fraction of sp³-hybridized carbons (Fsp3) is 0.714. The van der Waals surface area contributed by atoms with E-state index in [1.165, 1.54) is 25.7 Å². The Morgan fingerprint density at radius 1 is 1.05 bits per heavy atom. The molecule has 19 heavy (non-hydrogen) atoms. The lowest BCUT2D eigenvalue weighted by molar-refractivity contribution is 0.0780. The van der Waals surface area contributed by atoms with Crippen LogP contribution >= 0.6 is 15.9 Å². The summed E-state index contributed by atoms with van der Waals surface area (Å²) in [6.07, 6.45) is 7.21. The fourth-order valence-electron chi connectivity index (χ4n) is 3.10. The predicted molar refractivity (Wildman–Crippen MR) is 78.1 cm³/mol. The molecule has 0 aromatic carbocycles. The summed E-state index contributed by atoms with van der Waals surface area (Å²) >= 11 is 3.57. The topological polar surface area (TPSA) is 61.0 Å². The van der Waals surface area contributed by atoms with Gasteiger partial charge in [-0.05, 0) is 41.6 Å². The molecule has 2 fully saturated rings. The predicted octanol–water partition coefficient (Wildman–Crippen LogP) is 3.37. The van der Waals surface area contributed by atoms with Gasteiger partial charge in [0.15, 0.2) is 0 Å². The number of hydrogen-bond acceptors (Lipinski definition) is 4. The minimum absolute atomic E-state index is 0.310. The molecule has 0 amide bonds. The van der Waals surface area contributed by atoms with Crippen LogP contribution in [0.5, 0.6) is 0 Å². The maximum atomic E-state index is 6.06. The van der Waals surface area contributed by atoms with Crippen LogP contribution in [-0.2, 0) is 4.74 Å². The third-order valence-corrected chi connectivity index (χ3v) is 5.00. The monoisotopic (exact) mass is 325 g/mol. The largest absolute Gasteiger partial charge is 0.383 e. The zero-order valence-corrected chi connectivity index (χ0v) is 12.7. The first-order valence-electron chi connectivity index (χ1n) is 7.16. The van der Waals surface area contributed by atoms with Crippen LogP contribution in [0.25, 0.3) is 0 Å². The average Bonchev–Trinajstić information content (AvgIpc) is 2.96. The zero-order valence-electron chi connectivity index (χ0n) is 11.1. The SMILES string of the molecule is Nc1nc(C2CCCOC2)nc(C2CCCC2)c1Br. The van der Waals surface area contributed by atoms with E-state index in [-0.39, 0.29) is 0 Å². The van der Waals surface area contributed by atoms with Gasteiger partial charge in [0.05, 0.1) is 16.8 Å². The Kier molecular flexibility index (Phi) is 4.03. The quantitative estimate of drug-likeness (QED) is 0.905. The van der Waals surface area contributed by atoms with Gasteiger partial charge in [0.1, 0.15) is 11.6 Å². The van der Waals surface area contributed by atoms with Crippen LogP contribution in [0.3, 0.4) is 0 Å². The van der Waals surface area contributed by atoms with E-state index in [1.54, 1.807) is 0 Å². The van der Waals surface area contributed by atoms with Crippen molar-refractivity contribution in [3.05, 3.63) is 16.0 Å². The van der Waals surface area contributed by atoms with E-state index in [4.69, 9.17) is 15.5 Å². The molecule has 1 aromatic rings. The van der Waals surface area contributed by atoms with Crippen molar-refractivity contribution in [1.82, 2.24) is 9.97 Å². The molecular weight excluding hydrogens is 306 g/mol. The van der Waals surface area contributed by atoms with E-state index < -0.39 is 0 Å². The first-order chi connectivity index (χ1) is 9.25. The summed E-state index contributed by atoms with van der Waals surface area (Å²) < 4.78 is 6.44. The minimum atomic E-state index is 0.310. The van der Waals surface area contributed by atoms with Crippen LogP contribution in [0.4, 0.5) is 5.82 Å². The maximum Gasteiger partial charge on any atom is 0.141 e. The second-order valence-corrected chi connectivity index (χ2v) is 6.35. The van der Waals surface area contributed by atoms with E-state index in [2.05, 4.69) is 20.9 Å². The number of hydrogen-bond donors (Lipinski definition) is 1. The Balaban J connectivity index is 1.92. The fourth-order valence-corrected chi connectivity index (χ4v) is 3.60. The van der Waals surface area contributed by atoms with Crippen LogP contribution in [0, 0.1) is 0 Å². The molecule has 1 aromatic heterocycles. The van der Waals surface area contributed by atoms with Crippen molar-refractivity contribution in [2.24, 2.45) is 0 Å². The molecule has 2 N–H and O–H groups in total. The average molecular weight is 326 g/mol. The van der Waals surface area contributed by atoms with Crippen molar-refractivity contribution >= 4 is 21.7 Å². The molecule has 0 spiro atoms. The molecule has 1 atom stereocenters. The van der Waals surface area contributed by atoms with Gasteiger partial charge < -0.3 is 10.5 Å². The molecule has 3 rings (SSSR count). The van der Waals surface area contributed by atoms with Crippen molar-refractivity contribution in [2.75, 3.05) is 18.9 Å². The number of nitrogens with two attached hydrogens (primary N) is 1. The molecule has 4 nitrogen and oxygen atoms in total. The third-order valence-electron chi connectivity index (χ3n) is 4.19. The summed E-state index contributed by atoms with van der Waals surface area (Å²) in [6.45, 7) is 1.59. The van der Waals surface area contributed by atoms with Crippen molar-refractivity contribution < 1.29 is 4.74 Å². The summed E-state index contributed by atoms with van der Waals surface area (Å²) in [5.41, 5.74) is 7.17. The van der Waals surface area contributed by atoms with Gasteiger partial charge in [0, 0.05) is 18.4 Å². The number of aromatic nitrogens is 2. The van der Waals surface area contributed by atoms with E-state index in [0.717, 1.165) is 42.0 Å². The number of halogens is 1. The molecule has 1 unspecified atom stereocenters. The van der Waals surface area contributed by atoms with Crippen molar-refractivity contribution in [2.45, 2.75) is 50.4 Å². The van der Waals surface area contributed by atoms with Gasteiger partial charge in [0.2, 0.25) is 0 Å². The standard InChI is InChI=1S/C14H20BrN3O/c15-11-12(9-4-1-2-5-9)17-14(18-13(11)16)10-6-3-7-19-8-10/h9-10H,1-8H2,(H2,16,17,18). The highest BCUT2D eigenvalue weighted by atomic mass is 79.9. The first kappa shape index (κ1) is 13.3. The summed E-state index contributed by atoms with van der Waals surface area (Å²) in [5, 5.41) is 0.